The third-order valence-corrected chi connectivity index (χ3v) is 1.84. The molecule has 0 fully saturated rings. The van der Waals surface area contributed by atoms with E-state index in [1.807, 2.05) is 0 Å². The van der Waals surface area contributed by atoms with Gasteiger partial charge in [-0.2, -0.15) is 0 Å². The van der Waals surface area contributed by atoms with Gasteiger partial charge < -0.3 is 10.2 Å². The van der Waals surface area contributed by atoms with Crippen LogP contribution in [0.1, 0.15) is 11.1 Å². The number of halogens is 1. The van der Waals surface area contributed by atoms with Gasteiger partial charge in [0, 0.05) is 11.6 Å². The van der Waals surface area contributed by atoms with E-state index in [-0.39, 0.29) is 12.2 Å². The summed E-state index contributed by atoms with van der Waals surface area (Å²) in [5.74, 6) is -1.62. The summed E-state index contributed by atoms with van der Waals surface area (Å²) >= 11 is 0. The Morgan fingerprint density at radius 3 is 2.75 bits per heavy atom. The van der Waals surface area contributed by atoms with Crippen LogP contribution in [0.25, 0.3) is 12.2 Å². The van der Waals surface area contributed by atoms with Crippen LogP contribution in [0.4, 0.5) is 4.39 Å². The zero-order valence-electron chi connectivity index (χ0n) is 8.43. The third-order valence-electron chi connectivity index (χ3n) is 1.84. The number of carboxylic acid groups (broad SMARTS) is 1. The summed E-state index contributed by atoms with van der Waals surface area (Å²) in [7, 11) is 0. The lowest BCUT2D eigenvalue weighted by Gasteiger charge is -1.98. The zero-order valence-corrected chi connectivity index (χ0v) is 8.43. The molecule has 0 heterocycles. The summed E-state index contributed by atoms with van der Waals surface area (Å²) in [5, 5.41) is 17.0. The Morgan fingerprint density at radius 2 is 2.12 bits per heavy atom. The van der Waals surface area contributed by atoms with Gasteiger partial charge in [-0.05, 0) is 23.8 Å². The van der Waals surface area contributed by atoms with Gasteiger partial charge in [-0.3, -0.25) is 0 Å². The molecule has 0 amide bonds. The molecule has 0 radical (unpaired) electrons. The van der Waals surface area contributed by atoms with Crippen LogP contribution in [0.2, 0.25) is 0 Å². The minimum atomic E-state index is -1.13. The van der Waals surface area contributed by atoms with Crippen molar-refractivity contribution in [1.82, 2.24) is 0 Å². The number of aliphatic carboxylic acids is 1. The lowest BCUT2D eigenvalue weighted by Crippen LogP contribution is -1.88. The first kappa shape index (κ1) is 12.1. The quantitative estimate of drug-likeness (QED) is 0.765. The van der Waals surface area contributed by atoms with E-state index in [1.165, 1.54) is 24.3 Å². The zero-order chi connectivity index (χ0) is 12.0. The molecule has 2 N–H and O–H groups in total. The van der Waals surface area contributed by atoms with Gasteiger partial charge in [0.25, 0.3) is 0 Å². The fraction of sp³-hybridized carbons (Fsp3) is 0.0833. The van der Waals surface area contributed by atoms with Gasteiger partial charge in [0.1, 0.15) is 5.82 Å². The molecule has 0 aliphatic carbocycles. The molecule has 0 saturated heterocycles. The highest BCUT2D eigenvalue weighted by Gasteiger charge is 1.99. The molecule has 0 bridgehead atoms. The fourth-order valence-electron chi connectivity index (χ4n) is 1.14. The highest BCUT2D eigenvalue weighted by molar-refractivity contribution is 5.85. The Hall–Kier alpha value is -1.94. The van der Waals surface area contributed by atoms with Crippen LogP contribution >= 0.6 is 0 Å². The van der Waals surface area contributed by atoms with E-state index in [1.54, 1.807) is 12.1 Å². The molecule has 0 unspecified atom stereocenters. The lowest BCUT2D eigenvalue weighted by atomic mass is 10.1. The van der Waals surface area contributed by atoms with E-state index in [0.29, 0.717) is 5.56 Å². The second-order valence-corrected chi connectivity index (χ2v) is 3.04. The Labute approximate surface area is 92.2 Å². The van der Waals surface area contributed by atoms with Crippen LogP contribution < -0.4 is 0 Å². The van der Waals surface area contributed by atoms with Crippen molar-refractivity contribution in [3.63, 3.8) is 0 Å². The predicted octanol–water partition coefficient (Wildman–Crippen LogP) is 1.93. The molecule has 0 spiro atoms. The van der Waals surface area contributed by atoms with Crippen molar-refractivity contribution < 1.29 is 19.4 Å². The third kappa shape index (κ3) is 3.67. The fourth-order valence-corrected chi connectivity index (χ4v) is 1.14. The monoisotopic (exact) mass is 222 g/mol. The van der Waals surface area contributed by atoms with Crippen LogP contribution in [0.3, 0.4) is 0 Å². The number of rotatable bonds is 4. The van der Waals surface area contributed by atoms with E-state index < -0.39 is 11.8 Å². The van der Waals surface area contributed by atoms with Crippen molar-refractivity contribution in [1.29, 1.82) is 0 Å². The molecule has 0 saturated carbocycles. The number of hydrogen-bond acceptors (Lipinski definition) is 2. The second-order valence-electron chi connectivity index (χ2n) is 3.04. The molecule has 0 aromatic heterocycles. The lowest BCUT2D eigenvalue weighted by molar-refractivity contribution is -0.131. The van der Waals surface area contributed by atoms with Crippen LogP contribution in [-0.2, 0) is 4.79 Å². The predicted molar refractivity (Wildman–Crippen MR) is 59.2 cm³/mol. The Balaban J connectivity index is 2.99. The van der Waals surface area contributed by atoms with Crippen LogP contribution in [0.5, 0.6) is 0 Å². The normalized spacial score (nSPS) is 11.4. The average molecular weight is 222 g/mol. The molecular formula is C12H11FO3. The molecule has 1 rings (SSSR count). The van der Waals surface area contributed by atoms with Crippen LogP contribution in [0, 0.1) is 5.82 Å². The van der Waals surface area contributed by atoms with Crippen molar-refractivity contribution >= 4 is 18.1 Å². The minimum absolute atomic E-state index is 0.0995. The molecule has 0 atom stereocenters. The average Bonchev–Trinajstić information content (AvgIpc) is 2.26. The van der Waals surface area contributed by atoms with Crippen molar-refractivity contribution in [3.05, 3.63) is 47.3 Å². The van der Waals surface area contributed by atoms with Crippen LogP contribution in [-0.4, -0.2) is 22.8 Å². The van der Waals surface area contributed by atoms with E-state index in [9.17, 15) is 9.18 Å². The van der Waals surface area contributed by atoms with E-state index in [2.05, 4.69) is 0 Å². The highest BCUT2D eigenvalue weighted by atomic mass is 19.1. The largest absolute Gasteiger partial charge is 0.478 e. The van der Waals surface area contributed by atoms with Gasteiger partial charge in [0.2, 0.25) is 0 Å². The summed E-state index contributed by atoms with van der Waals surface area (Å²) in [6.07, 6.45) is 5.20. The molecular weight excluding hydrogens is 211 g/mol. The van der Waals surface area contributed by atoms with Gasteiger partial charge in [-0.25, -0.2) is 9.18 Å². The summed E-state index contributed by atoms with van der Waals surface area (Å²) in [6, 6.07) is 4.29. The first-order chi connectivity index (χ1) is 7.63. The Morgan fingerprint density at radius 1 is 1.38 bits per heavy atom. The second kappa shape index (κ2) is 5.82. The van der Waals surface area contributed by atoms with Gasteiger partial charge in [0.15, 0.2) is 0 Å². The number of hydrogen-bond donors (Lipinski definition) is 2. The van der Waals surface area contributed by atoms with Crippen molar-refractivity contribution in [2.24, 2.45) is 0 Å². The van der Waals surface area contributed by atoms with Gasteiger partial charge in [-0.15, -0.1) is 0 Å². The van der Waals surface area contributed by atoms with E-state index in [4.69, 9.17) is 10.2 Å². The minimum Gasteiger partial charge on any atom is -0.478 e. The smallest absolute Gasteiger partial charge is 0.328 e. The molecule has 0 aliphatic heterocycles. The molecule has 0 aliphatic rings. The number of aliphatic hydroxyl groups is 1. The molecule has 84 valence electrons. The van der Waals surface area contributed by atoms with Crippen molar-refractivity contribution in [2.75, 3.05) is 6.61 Å². The van der Waals surface area contributed by atoms with Crippen molar-refractivity contribution in [2.45, 2.75) is 0 Å². The first-order valence-electron chi connectivity index (χ1n) is 4.61. The Kier molecular flexibility index (Phi) is 4.42. The maximum atomic E-state index is 13.2. The summed E-state index contributed by atoms with van der Waals surface area (Å²) in [5.41, 5.74) is 0.892. The molecule has 1 aromatic carbocycles. The maximum Gasteiger partial charge on any atom is 0.328 e. The van der Waals surface area contributed by atoms with E-state index in [0.717, 1.165) is 6.08 Å². The number of carbonyl (C=O) groups is 1. The first-order valence-corrected chi connectivity index (χ1v) is 4.61. The summed E-state index contributed by atoms with van der Waals surface area (Å²) < 4.78 is 13.2. The summed E-state index contributed by atoms with van der Waals surface area (Å²) in [4.78, 5) is 10.3. The molecule has 3 nitrogen and oxygen atoms in total. The number of benzene rings is 1. The highest BCUT2D eigenvalue weighted by Crippen LogP contribution is 2.13. The van der Waals surface area contributed by atoms with Crippen LogP contribution in [0.15, 0.2) is 30.4 Å². The standard InChI is InChI=1S/C12H11FO3/c13-11-5-3-9(2-1-7-14)8-10(11)4-6-12(15)16/h1-6,8,14H,7H2,(H,15,16)/b2-1?,6-4+. The number of aliphatic hydroxyl groups excluding tert-OH is 1. The molecule has 16 heavy (non-hydrogen) atoms. The topological polar surface area (TPSA) is 57.5 Å². The van der Waals surface area contributed by atoms with Crippen molar-refractivity contribution in [3.8, 4) is 0 Å². The Bertz CT molecular complexity index is 436. The van der Waals surface area contributed by atoms with Gasteiger partial charge in [0.05, 0.1) is 6.61 Å². The SMILES string of the molecule is O=C(O)/C=C/c1cc(C=CCO)ccc1F. The molecule has 1 aromatic rings. The maximum absolute atomic E-state index is 13.2. The summed E-state index contributed by atoms with van der Waals surface area (Å²) in [6.45, 7) is -0.0995. The van der Waals surface area contributed by atoms with Gasteiger partial charge in [-0.1, -0.05) is 18.2 Å². The van der Waals surface area contributed by atoms with E-state index >= 15 is 0 Å². The number of carboxylic acids is 1. The molecule has 4 heteroatoms. The van der Waals surface area contributed by atoms with Gasteiger partial charge >= 0.3 is 5.97 Å².